The van der Waals surface area contributed by atoms with Gasteiger partial charge in [0.1, 0.15) is 0 Å². The van der Waals surface area contributed by atoms with Gasteiger partial charge >= 0.3 is 0 Å². The van der Waals surface area contributed by atoms with Crippen LogP contribution in [-0.4, -0.2) is 42.6 Å². The van der Waals surface area contributed by atoms with Gasteiger partial charge in [-0.3, -0.25) is 4.79 Å². The summed E-state index contributed by atoms with van der Waals surface area (Å²) in [6, 6.07) is 9.40. The van der Waals surface area contributed by atoms with Crippen LogP contribution in [0.25, 0.3) is 11.5 Å². The number of hydrogen-bond acceptors (Lipinski definition) is 8. The van der Waals surface area contributed by atoms with Gasteiger partial charge in [0.05, 0.1) is 20.0 Å². The van der Waals surface area contributed by atoms with E-state index in [0.717, 1.165) is 6.42 Å². The Morgan fingerprint density at radius 3 is 2.81 bits per heavy atom. The topological polar surface area (TPSA) is 86.5 Å². The molecule has 2 aromatic heterocycles. The normalized spacial score (nSPS) is 10.6. The molecule has 0 aliphatic rings. The van der Waals surface area contributed by atoms with Crippen LogP contribution in [0.2, 0.25) is 0 Å². The molecule has 1 aromatic carbocycles. The van der Waals surface area contributed by atoms with E-state index in [2.05, 4.69) is 21.6 Å². The van der Waals surface area contributed by atoms with E-state index in [-0.39, 0.29) is 11.7 Å². The van der Waals surface area contributed by atoms with E-state index in [1.54, 1.807) is 43.8 Å². The third kappa shape index (κ3) is 5.24. The van der Waals surface area contributed by atoms with Gasteiger partial charge in [0, 0.05) is 17.0 Å². The van der Waals surface area contributed by atoms with E-state index in [4.69, 9.17) is 13.9 Å². The summed E-state index contributed by atoms with van der Waals surface area (Å²) in [5.74, 6) is 1.71. The maximum atomic E-state index is 11.9. The maximum absolute atomic E-state index is 11.9. The monoisotopic (exact) mass is 405 g/mol. The molecule has 7 nitrogen and oxygen atoms in total. The third-order valence-corrected chi connectivity index (χ3v) is 5.39. The Kier molecular flexibility index (Phi) is 6.72. The predicted octanol–water partition coefficient (Wildman–Crippen LogP) is 3.27. The Hall–Kier alpha value is -2.52. The van der Waals surface area contributed by atoms with E-state index in [1.807, 2.05) is 11.4 Å². The fourth-order valence-electron chi connectivity index (χ4n) is 2.31. The van der Waals surface area contributed by atoms with Gasteiger partial charge in [-0.1, -0.05) is 17.8 Å². The number of aromatic nitrogens is 2. The summed E-state index contributed by atoms with van der Waals surface area (Å²) in [7, 11) is 3.14. The molecule has 2 heterocycles. The number of thioether (sulfide) groups is 1. The van der Waals surface area contributed by atoms with Crippen molar-refractivity contribution in [1.82, 2.24) is 15.5 Å². The number of ether oxygens (including phenoxy) is 2. The Bertz CT molecular complexity index is 881. The quantitative estimate of drug-likeness (QED) is 0.547. The highest BCUT2D eigenvalue weighted by molar-refractivity contribution is 7.99. The van der Waals surface area contributed by atoms with Gasteiger partial charge in [-0.05, 0) is 36.1 Å². The zero-order chi connectivity index (χ0) is 19.1. The number of thiophene rings is 1. The number of benzene rings is 1. The molecule has 0 bridgehead atoms. The lowest BCUT2D eigenvalue weighted by molar-refractivity contribution is -0.118. The number of hydrogen-bond donors (Lipinski definition) is 1. The first-order valence-corrected chi connectivity index (χ1v) is 10.0. The Morgan fingerprint density at radius 1 is 1.22 bits per heavy atom. The Balaban J connectivity index is 1.51. The minimum atomic E-state index is -0.0672. The number of nitrogens with zero attached hydrogens (tertiary/aromatic N) is 2. The molecular formula is C18H19N3O4S2. The zero-order valence-corrected chi connectivity index (χ0v) is 16.6. The van der Waals surface area contributed by atoms with Crippen molar-refractivity contribution in [3.8, 4) is 23.0 Å². The molecule has 9 heteroatoms. The first-order chi connectivity index (χ1) is 13.2. The molecule has 0 unspecified atom stereocenters. The van der Waals surface area contributed by atoms with Crippen LogP contribution in [0.15, 0.2) is 45.4 Å². The van der Waals surface area contributed by atoms with E-state index >= 15 is 0 Å². The highest BCUT2D eigenvalue weighted by atomic mass is 32.2. The van der Waals surface area contributed by atoms with E-state index < -0.39 is 0 Å². The van der Waals surface area contributed by atoms with Crippen molar-refractivity contribution in [3.05, 3.63) is 40.6 Å². The number of carbonyl (C=O) groups excluding carboxylic acids is 1. The summed E-state index contributed by atoms with van der Waals surface area (Å²) >= 11 is 2.89. The molecule has 0 spiro atoms. The summed E-state index contributed by atoms with van der Waals surface area (Å²) in [5.41, 5.74) is 0.715. The highest BCUT2D eigenvalue weighted by Gasteiger charge is 2.13. The van der Waals surface area contributed by atoms with Crippen LogP contribution >= 0.6 is 23.1 Å². The van der Waals surface area contributed by atoms with Crippen molar-refractivity contribution in [3.63, 3.8) is 0 Å². The van der Waals surface area contributed by atoms with Crippen molar-refractivity contribution >= 4 is 29.0 Å². The SMILES string of the molecule is COc1ccc(-c2nnc(SCC(=O)NCCc3cccs3)o2)cc1OC. The van der Waals surface area contributed by atoms with Gasteiger partial charge in [-0.15, -0.1) is 21.5 Å². The van der Waals surface area contributed by atoms with Crippen molar-refractivity contribution in [2.24, 2.45) is 0 Å². The van der Waals surface area contributed by atoms with Gasteiger partial charge in [-0.2, -0.15) is 0 Å². The number of rotatable bonds is 9. The second-order valence-electron chi connectivity index (χ2n) is 5.41. The lowest BCUT2D eigenvalue weighted by atomic mass is 10.2. The smallest absolute Gasteiger partial charge is 0.277 e. The van der Waals surface area contributed by atoms with Gasteiger partial charge < -0.3 is 19.2 Å². The first-order valence-electron chi connectivity index (χ1n) is 8.17. The van der Waals surface area contributed by atoms with Gasteiger partial charge in [-0.25, -0.2) is 0 Å². The number of methoxy groups -OCH3 is 2. The largest absolute Gasteiger partial charge is 0.493 e. The van der Waals surface area contributed by atoms with E-state index in [9.17, 15) is 4.79 Å². The minimum Gasteiger partial charge on any atom is -0.493 e. The van der Waals surface area contributed by atoms with E-state index in [0.29, 0.717) is 34.7 Å². The number of carbonyl (C=O) groups is 1. The van der Waals surface area contributed by atoms with Crippen LogP contribution in [0.4, 0.5) is 0 Å². The van der Waals surface area contributed by atoms with Crippen LogP contribution in [0.1, 0.15) is 4.88 Å². The first kappa shape index (κ1) is 19.2. The lowest BCUT2D eigenvalue weighted by Crippen LogP contribution is -2.27. The zero-order valence-electron chi connectivity index (χ0n) is 14.9. The van der Waals surface area contributed by atoms with Crippen LogP contribution in [0, 0.1) is 0 Å². The minimum absolute atomic E-state index is 0.0672. The standard InChI is InChI=1S/C18H19N3O4S2/c1-23-14-6-5-12(10-15(14)24-2)17-20-21-18(25-17)27-11-16(22)19-8-7-13-4-3-9-26-13/h3-6,9-10H,7-8,11H2,1-2H3,(H,19,22). The number of nitrogens with one attached hydrogen (secondary N) is 1. The summed E-state index contributed by atoms with van der Waals surface area (Å²) in [6.45, 7) is 0.612. The molecule has 0 saturated heterocycles. The van der Waals surface area contributed by atoms with Gasteiger partial charge in [0.25, 0.3) is 5.22 Å². The van der Waals surface area contributed by atoms with Crippen molar-refractivity contribution in [2.75, 3.05) is 26.5 Å². The lowest BCUT2D eigenvalue weighted by Gasteiger charge is -2.07. The molecule has 0 saturated carbocycles. The molecule has 1 amide bonds. The molecule has 0 atom stereocenters. The molecule has 3 aromatic rings. The average molecular weight is 406 g/mol. The second-order valence-corrected chi connectivity index (χ2v) is 7.37. The molecule has 142 valence electrons. The van der Waals surface area contributed by atoms with Crippen molar-refractivity contribution in [1.29, 1.82) is 0 Å². The van der Waals surface area contributed by atoms with Gasteiger partial charge in [0.15, 0.2) is 11.5 Å². The van der Waals surface area contributed by atoms with Crippen LogP contribution in [0.3, 0.4) is 0 Å². The number of amides is 1. The predicted molar refractivity (Wildman–Crippen MR) is 105 cm³/mol. The van der Waals surface area contributed by atoms with Crippen LogP contribution in [0.5, 0.6) is 11.5 Å². The Labute approximate surface area is 165 Å². The maximum Gasteiger partial charge on any atom is 0.277 e. The molecule has 3 rings (SSSR count). The highest BCUT2D eigenvalue weighted by Crippen LogP contribution is 2.32. The third-order valence-electron chi connectivity index (χ3n) is 3.64. The molecule has 0 aliphatic heterocycles. The molecule has 1 N–H and O–H groups in total. The fraction of sp³-hybridized carbons (Fsp3) is 0.278. The van der Waals surface area contributed by atoms with Gasteiger partial charge in [0.2, 0.25) is 11.8 Å². The molecule has 0 radical (unpaired) electrons. The summed E-state index contributed by atoms with van der Waals surface area (Å²) in [4.78, 5) is 13.2. The van der Waals surface area contributed by atoms with E-state index in [1.165, 1.54) is 16.6 Å². The van der Waals surface area contributed by atoms with Crippen molar-refractivity contribution in [2.45, 2.75) is 11.6 Å². The summed E-state index contributed by atoms with van der Waals surface area (Å²) < 4.78 is 16.1. The fourth-order valence-corrected chi connectivity index (χ4v) is 3.61. The summed E-state index contributed by atoms with van der Waals surface area (Å²) in [6.07, 6.45) is 0.831. The van der Waals surface area contributed by atoms with Crippen LogP contribution < -0.4 is 14.8 Å². The molecule has 0 aliphatic carbocycles. The molecule has 0 fully saturated rings. The second kappa shape index (κ2) is 9.43. The Morgan fingerprint density at radius 2 is 2.07 bits per heavy atom. The molecular weight excluding hydrogens is 386 g/mol. The van der Waals surface area contributed by atoms with Crippen molar-refractivity contribution < 1.29 is 18.7 Å². The molecule has 27 heavy (non-hydrogen) atoms. The van der Waals surface area contributed by atoms with Crippen LogP contribution in [-0.2, 0) is 11.2 Å². The average Bonchev–Trinajstić information content (AvgIpc) is 3.38. The summed E-state index contributed by atoms with van der Waals surface area (Å²) in [5, 5.41) is 13.3.